The van der Waals surface area contributed by atoms with E-state index in [1.807, 2.05) is 22.9 Å². The second-order valence-electron chi connectivity index (χ2n) is 8.48. The minimum Gasteiger partial charge on any atom is -0.543 e. The van der Waals surface area contributed by atoms with Gasteiger partial charge in [-0.25, -0.2) is 0 Å². The summed E-state index contributed by atoms with van der Waals surface area (Å²) in [6.45, 7) is 3.04. The molecule has 2 aliphatic rings. The molecule has 0 saturated carbocycles. The molecular weight excluding hydrogens is 548 g/mol. The molecular formula is C22H24N10O5S2. The molecule has 0 aliphatic carbocycles. The predicted molar refractivity (Wildman–Crippen MR) is 139 cm³/mol. The summed E-state index contributed by atoms with van der Waals surface area (Å²) in [5.41, 5.74) is 13.0. The van der Waals surface area contributed by atoms with Crippen LogP contribution in [-0.2, 0) is 32.3 Å². The van der Waals surface area contributed by atoms with Gasteiger partial charge in [-0.1, -0.05) is 5.16 Å². The first-order valence-corrected chi connectivity index (χ1v) is 13.7. The standard InChI is InChI=1S/C22H24N10O5S2/c1-2-37-28-14(17-27-22(24)39-29-17)18(33)26-15-19(34)32-16(21(35)36)11(10-38-20(15)32)9-30-6-3-4-12-13(30)8-25-31(12)7-5-23/h3-4,6,8,15,20H,2,5,7,9-10,23H2,1H3,(H3-,24,26,27,29,33,35,36)/b28-14+/t15-,20-/m1/s1. The number of carboxylic acid groups (broad SMARTS) is 1. The average molecular weight is 573 g/mol. The van der Waals surface area contributed by atoms with Gasteiger partial charge in [0.05, 0.1) is 18.2 Å². The van der Waals surface area contributed by atoms with Gasteiger partial charge in [-0.05, 0) is 13.0 Å². The largest absolute Gasteiger partial charge is 0.543 e. The summed E-state index contributed by atoms with van der Waals surface area (Å²) in [5.74, 6) is -2.55. The Bertz CT molecular complexity index is 1520. The average Bonchev–Trinajstić information content (AvgIpc) is 3.54. The SMILES string of the molecule is CCO/N=C(/C(=O)N[C@@H]1C(=O)N2C(C(=O)[O-])=C(C[n+]3cccc4c3cnn4CCN)CS[C@H]12)c1nsc(N)n1. The normalized spacial score (nSPS) is 19.2. The van der Waals surface area contributed by atoms with Crippen molar-refractivity contribution in [3.63, 3.8) is 0 Å². The van der Waals surface area contributed by atoms with E-state index in [1.54, 1.807) is 17.8 Å². The van der Waals surface area contributed by atoms with Crippen molar-refractivity contribution in [1.82, 2.24) is 29.4 Å². The molecule has 5 N–H and O–H groups in total. The second kappa shape index (κ2) is 11.0. The Morgan fingerprint density at radius 2 is 2.23 bits per heavy atom. The molecule has 1 fully saturated rings. The molecule has 17 heteroatoms. The zero-order valence-electron chi connectivity index (χ0n) is 20.6. The highest BCUT2D eigenvalue weighted by Crippen LogP contribution is 2.40. The summed E-state index contributed by atoms with van der Waals surface area (Å²) < 4.78 is 7.62. The van der Waals surface area contributed by atoms with Crippen LogP contribution in [0, 0.1) is 0 Å². The fourth-order valence-electron chi connectivity index (χ4n) is 4.39. The lowest BCUT2D eigenvalue weighted by atomic mass is 10.0. The van der Waals surface area contributed by atoms with Crippen LogP contribution in [0.25, 0.3) is 11.0 Å². The topological polar surface area (TPSA) is 211 Å². The fraction of sp³-hybridized carbons (Fsp3) is 0.364. The van der Waals surface area contributed by atoms with Crippen molar-refractivity contribution >= 4 is 63.0 Å². The molecule has 0 aromatic carbocycles. The minimum absolute atomic E-state index is 0.0398. The first-order valence-electron chi connectivity index (χ1n) is 11.9. The molecule has 39 heavy (non-hydrogen) atoms. The summed E-state index contributed by atoms with van der Waals surface area (Å²) >= 11 is 2.21. The number of rotatable bonds is 10. The number of carboxylic acids is 1. The number of anilines is 1. The lowest BCUT2D eigenvalue weighted by molar-refractivity contribution is -0.663. The van der Waals surface area contributed by atoms with Gasteiger partial charge >= 0.3 is 0 Å². The van der Waals surface area contributed by atoms with Gasteiger partial charge in [0.15, 0.2) is 17.9 Å². The summed E-state index contributed by atoms with van der Waals surface area (Å²) in [6.07, 6.45) is 3.50. The van der Waals surface area contributed by atoms with Gasteiger partial charge in [0, 0.05) is 35.5 Å². The molecule has 1 saturated heterocycles. The number of aromatic nitrogens is 5. The van der Waals surface area contributed by atoms with E-state index in [2.05, 4.69) is 24.9 Å². The summed E-state index contributed by atoms with van der Waals surface area (Å²) in [4.78, 5) is 48.5. The van der Waals surface area contributed by atoms with Crippen LogP contribution < -0.4 is 26.5 Å². The fourth-order valence-corrected chi connectivity index (χ4v) is 6.16. The number of hydrogen-bond acceptors (Lipinski definition) is 13. The number of aliphatic carboxylic acids is 1. The number of carbonyl (C=O) groups excluding carboxylic acids is 3. The van der Waals surface area contributed by atoms with Crippen LogP contribution in [0.4, 0.5) is 5.13 Å². The lowest BCUT2D eigenvalue weighted by Crippen LogP contribution is -2.71. The summed E-state index contributed by atoms with van der Waals surface area (Å²) in [7, 11) is 0. The third kappa shape index (κ3) is 4.90. The van der Waals surface area contributed by atoms with Crippen molar-refractivity contribution in [3.05, 3.63) is 41.6 Å². The van der Waals surface area contributed by atoms with Gasteiger partial charge in [0.25, 0.3) is 17.3 Å². The second-order valence-corrected chi connectivity index (χ2v) is 10.4. The molecule has 0 bridgehead atoms. The highest BCUT2D eigenvalue weighted by atomic mass is 32.2. The van der Waals surface area contributed by atoms with Crippen molar-refractivity contribution in [3.8, 4) is 0 Å². The summed E-state index contributed by atoms with van der Waals surface area (Å²) in [5, 5.41) is 22.5. The molecule has 3 aromatic heterocycles. The van der Waals surface area contributed by atoms with Crippen LogP contribution in [0.15, 0.2) is 41.0 Å². The van der Waals surface area contributed by atoms with Crippen LogP contribution in [-0.4, -0.2) is 77.9 Å². The number of nitrogens with zero attached hydrogens (tertiary/aromatic N) is 7. The van der Waals surface area contributed by atoms with E-state index in [0.29, 0.717) is 24.4 Å². The first-order chi connectivity index (χ1) is 18.8. The van der Waals surface area contributed by atoms with Crippen LogP contribution in [0.5, 0.6) is 0 Å². The number of pyridine rings is 1. The molecule has 0 spiro atoms. The van der Waals surface area contributed by atoms with Gasteiger partial charge in [0.1, 0.15) is 29.7 Å². The number of amides is 2. The predicted octanol–water partition coefficient (Wildman–Crippen LogP) is -2.44. The van der Waals surface area contributed by atoms with Gasteiger partial charge in [-0.15, -0.1) is 11.8 Å². The van der Waals surface area contributed by atoms with Gasteiger partial charge < -0.3 is 31.5 Å². The zero-order chi connectivity index (χ0) is 27.7. The maximum Gasteiger partial charge on any atom is 0.278 e. The van der Waals surface area contributed by atoms with E-state index < -0.39 is 29.2 Å². The number of nitrogens with two attached hydrogens (primary N) is 2. The number of hydrogen-bond donors (Lipinski definition) is 3. The number of oxime groups is 1. The lowest BCUT2D eigenvalue weighted by Gasteiger charge is -2.50. The van der Waals surface area contributed by atoms with Crippen molar-refractivity contribution in [2.75, 3.05) is 24.6 Å². The molecule has 0 radical (unpaired) electrons. The Labute approximate surface area is 229 Å². The van der Waals surface area contributed by atoms with Crippen molar-refractivity contribution < 1.29 is 28.9 Å². The molecule has 204 valence electrons. The van der Waals surface area contributed by atoms with Crippen molar-refractivity contribution in [2.45, 2.75) is 31.4 Å². The minimum atomic E-state index is -1.47. The Hall–Kier alpha value is -4.09. The van der Waals surface area contributed by atoms with Gasteiger partial charge in [-0.2, -0.15) is 19.0 Å². The Morgan fingerprint density at radius 3 is 2.92 bits per heavy atom. The highest BCUT2D eigenvalue weighted by molar-refractivity contribution is 8.00. The van der Waals surface area contributed by atoms with Crippen LogP contribution >= 0.6 is 23.3 Å². The highest BCUT2D eigenvalue weighted by Gasteiger charge is 2.53. The molecule has 15 nitrogen and oxygen atoms in total. The third-order valence-electron chi connectivity index (χ3n) is 6.07. The Kier molecular flexibility index (Phi) is 7.45. The Morgan fingerprint density at radius 1 is 1.41 bits per heavy atom. The molecule has 5 heterocycles. The first kappa shape index (κ1) is 26.5. The van der Waals surface area contributed by atoms with Gasteiger partial charge in [-0.3, -0.25) is 19.2 Å². The number of carbonyl (C=O) groups is 3. The zero-order valence-corrected chi connectivity index (χ0v) is 22.3. The molecule has 0 unspecified atom stereocenters. The van der Waals surface area contributed by atoms with E-state index in [4.69, 9.17) is 16.3 Å². The van der Waals surface area contributed by atoms with Crippen LogP contribution in [0.1, 0.15) is 12.7 Å². The van der Waals surface area contributed by atoms with Gasteiger partial charge in [0.2, 0.25) is 11.5 Å². The van der Waals surface area contributed by atoms with E-state index in [0.717, 1.165) is 27.5 Å². The number of β-lactam (4-membered cyclic amide) rings is 1. The Balaban J connectivity index is 1.37. The molecule has 2 aliphatic heterocycles. The molecule has 5 rings (SSSR count). The smallest absolute Gasteiger partial charge is 0.278 e. The van der Waals surface area contributed by atoms with E-state index in [9.17, 15) is 19.5 Å². The van der Waals surface area contributed by atoms with Crippen molar-refractivity contribution in [1.29, 1.82) is 0 Å². The number of thioether (sulfide) groups is 1. The van der Waals surface area contributed by atoms with E-state index >= 15 is 0 Å². The molecule has 3 aromatic rings. The maximum absolute atomic E-state index is 13.1. The number of nitrogens with one attached hydrogen (secondary N) is 1. The number of nitrogen functional groups attached to an aromatic ring is 1. The monoisotopic (exact) mass is 572 g/mol. The van der Waals surface area contributed by atoms with Crippen molar-refractivity contribution in [2.24, 2.45) is 10.9 Å². The quantitative estimate of drug-likeness (QED) is 0.101. The van der Waals surface area contributed by atoms with E-state index in [-0.39, 0.29) is 35.5 Å². The number of fused-ring (bicyclic) bond motifs is 2. The summed E-state index contributed by atoms with van der Waals surface area (Å²) in [6, 6.07) is 2.74. The van der Waals surface area contributed by atoms with Crippen LogP contribution in [0.3, 0.4) is 0 Å². The van der Waals surface area contributed by atoms with E-state index in [1.165, 1.54) is 11.8 Å². The van der Waals surface area contributed by atoms with Crippen LogP contribution in [0.2, 0.25) is 0 Å². The third-order valence-corrected chi connectivity index (χ3v) is 7.95. The molecule has 2 atom stereocenters. The maximum atomic E-state index is 13.1. The molecule has 2 amide bonds.